The average Bonchev–Trinajstić information content (AvgIpc) is 3.66. The van der Waals surface area contributed by atoms with E-state index >= 15 is 0 Å². The summed E-state index contributed by atoms with van der Waals surface area (Å²) in [4.78, 5) is 26.3. The van der Waals surface area contributed by atoms with Gasteiger partial charge < -0.3 is 10.6 Å². The van der Waals surface area contributed by atoms with Crippen molar-refractivity contribution in [1.29, 1.82) is 0 Å². The van der Waals surface area contributed by atoms with Gasteiger partial charge in [-0.3, -0.25) is 4.79 Å². The Bertz CT molecular complexity index is 1880. The smallest absolute Gasteiger partial charge is 0.257 e. The molecule has 0 radical (unpaired) electrons. The van der Waals surface area contributed by atoms with Crippen LogP contribution in [0.5, 0.6) is 0 Å². The summed E-state index contributed by atoms with van der Waals surface area (Å²) in [5.74, 6) is -0.137. The van der Waals surface area contributed by atoms with E-state index in [9.17, 15) is 4.79 Å². The molecule has 1 aliphatic rings. The number of carbonyl (C=O) groups is 1. The molecule has 200 valence electrons. The minimum atomic E-state index is -0.244. The van der Waals surface area contributed by atoms with Crippen molar-refractivity contribution in [1.82, 2.24) is 15.3 Å². The van der Waals surface area contributed by atoms with E-state index < -0.39 is 0 Å². The zero-order valence-corrected chi connectivity index (χ0v) is 25.1. The van der Waals surface area contributed by atoms with Crippen LogP contribution in [0.3, 0.4) is 0 Å². The zero-order valence-electron chi connectivity index (χ0n) is 22.7. The molecule has 6 aromatic rings. The minimum Gasteiger partial charge on any atom is -0.313 e. The normalized spacial score (nSPS) is 15.8. The quantitative estimate of drug-likeness (QED) is 0.219. The Labute approximate surface area is 245 Å². The molecule has 0 saturated carbocycles. The Morgan fingerprint density at radius 3 is 2.48 bits per heavy atom. The van der Waals surface area contributed by atoms with E-state index in [1.54, 1.807) is 34.0 Å². The van der Waals surface area contributed by atoms with E-state index in [4.69, 9.17) is 9.97 Å². The first-order chi connectivity index (χ1) is 19.2. The van der Waals surface area contributed by atoms with E-state index in [0.29, 0.717) is 5.56 Å². The molecular formula is C32H28N4OS3. The number of aromatic nitrogens is 2. The third kappa shape index (κ3) is 4.36. The van der Waals surface area contributed by atoms with Gasteiger partial charge in [-0.1, -0.05) is 36.4 Å². The number of nitrogens with zero attached hydrogens (tertiary/aromatic N) is 2. The number of anilines is 1. The van der Waals surface area contributed by atoms with Gasteiger partial charge in [0.2, 0.25) is 0 Å². The molecule has 0 bridgehead atoms. The van der Waals surface area contributed by atoms with Crippen LogP contribution >= 0.6 is 34.0 Å². The average molecular weight is 581 g/mol. The molecule has 2 N–H and O–H groups in total. The minimum absolute atomic E-state index is 0.0960. The lowest BCUT2D eigenvalue weighted by atomic mass is 9.81. The lowest BCUT2D eigenvalue weighted by Gasteiger charge is -2.42. The Hall–Kier alpha value is -3.43. The van der Waals surface area contributed by atoms with Crippen molar-refractivity contribution in [3.8, 4) is 21.1 Å². The highest BCUT2D eigenvalue weighted by Gasteiger charge is 2.41. The number of nitrogens with one attached hydrogen (secondary N) is 2. The van der Waals surface area contributed by atoms with Crippen LogP contribution in [0, 0.1) is 0 Å². The topological polar surface area (TPSA) is 66.9 Å². The van der Waals surface area contributed by atoms with Crippen molar-refractivity contribution in [3.63, 3.8) is 0 Å². The summed E-state index contributed by atoms with van der Waals surface area (Å²) in [5.41, 5.74) is 5.19. The number of hydrogen-bond acceptors (Lipinski definition) is 7. The molecular weight excluding hydrogens is 553 g/mol. The maximum absolute atomic E-state index is 14.1. The van der Waals surface area contributed by atoms with Crippen LogP contribution in [0.4, 0.5) is 5.00 Å². The first-order valence-corrected chi connectivity index (χ1v) is 15.8. The number of carbonyl (C=O) groups excluding carboxylic acids is 1. The predicted octanol–water partition coefficient (Wildman–Crippen LogP) is 8.71. The van der Waals surface area contributed by atoms with Crippen LogP contribution in [-0.2, 0) is 12.0 Å². The summed E-state index contributed by atoms with van der Waals surface area (Å²) < 4.78 is 1.14. The Morgan fingerprint density at radius 1 is 0.925 bits per heavy atom. The van der Waals surface area contributed by atoms with Crippen molar-refractivity contribution in [2.45, 2.75) is 45.2 Å². The van der Waals surface area contributed by atoms with Crippen molar-refractivity contribution in [2.75, 3.05) is 5.32 Å². The van der Waals surface area contributed by atoms with Crippen molar-refractivity contribution in [2.24, 2.45) is 0 Å². The van der Waals surface area contributed by atoms with Gasteiger partial charge in [0.05, 0.1) is 31.9 Å². The Balaban J connectivity index is 1.39. The number of thiazole rings is 1. The molecule has 8 heteroatoms. The number of amides is 1. The molecule has 1 amide bonds. The van der Waals surface area contributed by atoms with Crippen molar-refractivity contribution in [3.05, 3.63) is 88.1 Å². The van der Waals surface area contributed by atoms with Crippen LogP contribution in [0.2, 0.25) is 0 Å². The lowest BCUT2D eigenvalue weighted by molar-refractivity contribution is 0.102. The van der Waals surface area contributed by atoms with Gasteiger partial charge >= 0.3 is 0 Å². The molecule has 5 heterocycles. The fourth-order valence-electron chi connectivity index (χ4n) is 5.91. The number of fused-ring (bicyclic) bond motifs is 3. The maximum Gasteiger partial charge on any atom is 0.257 e. The first-order valence-electron chi connectivity index (χ1n) is 13.2. The summed E-state index contributed by atoms with van der Waals surface area (Å²) in [7, 11) is 0. The highest BCUT2D eigenvalue weighted by Crippen LogP contribution is 2.50. The van der Waals surface area contributed by atoms with Gasteiger partial charge in [-0.25, -0.2) is 9.97 Å². The SMILES string of the molecule is CC1(C)Cc2c(sc(NC(=O)c3cc(-c4cccs4)nc4ccccc34)c2-c2nc3ccccc3s2)C(C)(C)N1. The van der Waals surface area contributed by atoms with Crippen LogP contribution in [0.15, 0.2) is 72.1 Å². The lowest BCUT2D eigenvalue weighted by Crippen LogP contribution is -2.54. The van der Waals surface area contributed by atoms with E-state index in [1.165, 1.54) is 10.4 Å². The van der Waals surface area contributed by atoms with Gasteiger partial charge in [-0.2, -0.15) is 0 Å². The molecule has 2 aromatic carbocycles. The van der Waals surface area contributed by atoms with E-state index in [0.717, 1.165) is 53.7 Å². The Morgan fingerprint density at radius 2 is 1.70 bits per heavy atom. The second-order valence-electron chi connectivity index (χ2n) is 11.4. The third-order valence-corrected chi connectivity index (χ3v) is 10.7. The molecule has 4 aromatic heterocycles. The molecule has 7 rings (SSSR count). The van der Waals surface area contributed by atoms with E-state index in [1.807, 2.05) is 60.0 Å². The van der Waals surface area contributed by atoms with Gasteiger partial charge in [0.1, 0.15) is 10.0 Å². The highest BCUT2D eigenvalue weighted by atomic mass is 32.1. The van der Waals surface area contributed by atoms with Crippen LogP contribution in [-0.4, -0.2) is 21.4 Å². The third-order valence-electron chi connectivity index (χ3n) is 7.31. The highest BCUT2D eigenvalue weighted by molar-refractivity contribution is 7.23. The molecule has 1 aliphatic heterocycles. The standard InChI is InChI=1S/C32H28N4OS3/c1-31(2)17-20-26(29-34-22-12-7-8-13-25(22)39-29)30(40-27(20)32(3,4)36-31)35-28(37)19-16-23(24-14-9-15-38-24)33-21-11-6-5-10-18(19)21/h5-16,36H,17H2,1-4H3,(H,35,37). The first kappa shape index (κ1) is 25.5. The van der Waals surface area contributed by atoms with Crippen molar-refractivity contribution < 1.29 is 4.79 Å². The molecule has 0 spiro atoms. The fourth-order valence-corrected chi connectivity index (χ4v) is 8.97. The number of hydrogen-bond donors (Lipinski definition) is 2. The van der Waals surface area contributed by atoms with Gasteiger partial charge in [0, 0.05) is 26.9 Å². The van der Waals surface area contributed by atoms with Gasteiger partial charge in [0.15, 0.2) is 0 Å². The Kier molecular flexibility index (Phi) is 5.94. The van der Waals surface area contributed by atoms with E-state index in [2.05, 4.69) is 50.5 Å². The number of thiophene rings is 2. The monoisotopic (exact) mass is 580 g/mol. The maximum atomic E-state index is 14.1. The van der Waals surface area contributed by atoms with Crippen LogP contribution < -0.4 is 10.6 Å². The number of rotatable bonds is 4. The second kappa shape index (κ2) is 9.31. The van der Waals surface area contributed by atoms with Crippen LogP contribution in [0.25, 0.3) is 42.3 Å². The molecule has 5 nitrogen and oxygen atoms in total. The summed E-state index contributed by atoms with van der Waals surface area (Å²) in [6, 6.07) is 22.1. The summed E-state index contributed by atoms with van der Waals surface area (Å²) >= 11 is 4.97. The summed E-state index contributed by atoms with van der Waals surface area (Å²) in [6.45, 7) is 8.93. The van der Waals surface area contributed by atoms with E-state index in [-0.39, 0.29) is 17.0 Å². The molecule has 0 unspecified atom stereocenters. The predicted molar refractivity (Wildman–Crippen MR) is 170 cm³/mol. The van der Waals surface area contributed by atoms with Gasteiger partial charge in [-0.05, 0) is 75.4 Å². The fraction of sp³-hybridized carbons (Fsp3) is 0.219. The molecule has 0 aliphatic carbocycles. The molecule has 40 heavy (non-hydrogen) atoms. The number of para-hydroxylation sites is 2. The largest absolute Gasteiger partial charge is 0.313 e. The number of pyridine rings is 1. The summed E-state index contributed by atoms with van der Waals surface area (Å²) in [5, 5.41) is 11.8. The number of benzene rings is 2. The second-order valence-corrected chi connectivity index (χ2v) is 14.4. The molecule has 0 fully saturated rings. The summed E-state index contributed by atoms with van der Waals surface area (Å²) in [6.07, 6.45) is 0.851. The zero-order chi connectivity index (χ0) is 27.6. The molecule has 0 saturated heterocycles. The van der Waals surface area contributed by atoms with Crippen molar-refractivity contribution >= 4 is 66.0 Å². The van der Waals surface area contributed by atoms with Gasteiger partial charge in [-0.15, -0.1) is 34.0 Å². The molecule has 0 atom stereocenters. The van der Waals surface area contributed by atoms with Crippen LogP contribution in [0.1, 0.15) is 48.5 Å². The van der Waals surface area contributed by atoms with Gasteiger partial charge in [0.25, 0.3) is 5.91 Å².